The molecule has 0 amide bonds. The van der Waals surface area contributed by atoms with Crippen LogP contribution in [-0.4, -0.2) is 15.0 Å². The van der Waals surface area contributed by atoms with E-state index >= 15 is 0 Å². The Hall–Kier alpha value is -2.01. The molecule has 5 heteroatoms. The van der Waals surface area contributed by atoms with Crippen molar-refractivity contribution in [2.75, 3.05) is 0 Å². The highest BCUT2D eigenvalue weighted by atomic mass is 32.1. The molecule has 0 aliphatic carbocycles. The van der Waals surface area contributed by atoms with Gasteiger partial charge >= 0.3 is 0 Å². The molecule has 0 saturated carbocycles. The van der Waals surface area contributed by atoms with Crippen molar-refractivity contribution in [1.82, 2.24) is 9.97 Å². The molecule has 0 atom stereocenters. The molecule has 0 aliphatic rings. The van der Waals surface area contributed by atoms with E-state index in [1.165, 1.54) is 5.56 Å². The van der Waals surface area contributed by atoms with Gasteiger partial charge in [0, 0.05) is 18.0 Å². The van der Waals surface area contributed by atoms with Crippen LogP contribution in [0.15, 0.2) is 30.6 Å². The number of aryl methyl sites for hydroxylation is 1. The molecule has 0 bridgehead atoms. The fraction of sp³-hybridized carbons (Fsp3) is 0.312. The maximum Gasteiger partial charge on any atom is 0.248 e. The molecule has 2 aromatic rings. The highest BCUT2D eigenvalue weighted by molar-refractivity contribution is 7.80. The normalized spacial score (nSPS) is 11.2. The first kappa shape index (κ1) is 15.4. The quantitative estimate of drug-likeness (QED) is 0.879. The van der Waals surface area contributed by atoms with E-state index in [2.05, 4.69) is 43.7 Å². The fourth-order valence-electron chi connectivity index (χ4n) is 1.99. The van der Waals surface area contributed by atoms with Crippen molar-refractivity contribution in [3.63, 3.8) is 0 Å². The van der Waals surface area contributed by atoms with Gasteiger partial charge in [-0.15, -0.1) is 0 Å². The fourth-order valence-corrected chi connectivity index (χ4v) is 2.13. The molecule has 4 nitrogen and oxygen atoms in total. The van der Waals surface area contributed by atoms with Gasteiger partial charge in [0.1, 0.15) is 10.7 Å². The monoisotopic (exact) mass is 301 g/mol. The summed E-state index contributed by atoms with van der Waals surface area (Å²) in [6.45, 7) is 8.47. The molecule has 0 aliphatic heterocycles. The van der Waals surface area contributed by atoms with Crippen LogP contribution in [0.5, 0.6) is 11.6 Å². The first-order chi connectivity index (χ1) is 9.79. The van der Waals surface area contributed by atoms with Gasteiger partial charge in [-0.25, -0.2) is 9.97 Å². The summed E-state index contributed by atoms with van der Waals surface area (Å²) < 4.78 is 5.94. The smallest absolute Gasteiger partial charge is 0.248 e. The van der Waals surface area contributed by atoms with Gasteiger partial charge in [-0.2, -0.15) is 0 Å². The molecular formula is C16H19N3OS. The lowest BCUT2D eigenvalue weighted by molar-refractivity contribution is 0.436. The zero-order valence-electron chi connectivity index (χ0n) is 12.7. The van der Waals surface area contributed by atoms with Crippen LogP contribution < -0.4 is 10.5 Å². The van der Waals surface area contributed by atoms with Crippen LogP contribution in [0.3, 0.4) is 0 Å². The van der Waals surface area contributed by atoms with E-state index in [1.807, 2.05) is 12.1 Å². The minimum absolute atomic E-state index is 0.0487. The number of rotatable bonds is 3. The maximum absolute atomic E-state index is 5.94. The van der Waals surface area contributed by atoms with Crippen LogP contribution in [0.1, 0.15) is 37.6 Å². The largest absolute Gasteiger partial charge is 0.437 e. The number of nitrogens with zero attached hydrogens (tertiary/aromatic N) is 2. The van der Waals surface area contributed by atoms with Gasteiger partial charge in [-0.05, 0) is 18.4 Å². The summed E-state index contributed by atoms with van der Waals surface area (Å²) >= 11 is 4.99. The molecule has 0 spiro atoms. The van der Waals surface area contributed by atoms with Gasteiger partial charge in [0.2, 0.25) is 5.88 Å². The van der Waals surface area contributed by atoms with Gasteiger partial charge in [-0.1, -0.05) is 50.7 Å². The van der Waals surface area contributed by atoms with Crippen LogP contribution >= 0.6 is 12.2 Å². The Morgan fingerprint density at radius 1 is 1.19 bits per heavy atom. The SMILES string of the molecule is Cc1ccc(Oc2nccnc2C(N)=S)c(C(C)(C)C)c1. The highest BCUT2D eigenvalue weighted by Crippen LogP contribution is 2.34. The lowest BCUT2D eigenvalue weighted by Crippen LogP contribution is -2.16. The third-order valence-corrected chi connectivity index (χ3v) is 3.24. The molecular weight excluding hydrogens is 282 g/mol. The lowest BCUT2D eigenvalue weighted by atomic mass is 9.85. The molecule has 110 valence electrons. The van der Waals surface area contributed by atoms with Crippen molar-refractivity contribution in [2.24, 2.45) is 5.73 Å². The molecule has 1 aromatic carbocycles. The summed E-state index contributed by atoms with van der Waals surface area (Å²) in [7, 11) is 0. The number of hydrogen-bond acceptors (Lipinski definition) is 4. The molecule has 2 rings (SSSR count). The van der Waals surface area contributed by atoms with Crippen molar-refractivity contribution in [2.45, 2.75) is 33.1 Å². The van der Waals surface area contributed by atoms with E-state index in [1.54, 1.807) is 12.4 Å². The van der Waals surface area contributed by atoms with Crippen LogP contribution in [0.25, 0.3) is 0 Å². The predicted molar refractivity (Wildman–Crippen MR) is 87.9 cm³/mol. The predicted octanol–water partition coefficient (Wildman–Crippen LogP) is 3.51. The summed E-state index contributed by atoms with van der Waals surface area (Å²) in [6, 6.07) is 6.06. The Labute approximate surface area is 130 Å². The van der Waals surface area contributed by atoms with Crippen molar-refractivity contribution in [3.8, 4) is 11.6 Å². The van der Waals surface area contributed by atoms with Crippen molar-refractivity contribution in [1.29, 1.82) is 0 Å². The Bertz CT molecular complexity index is 677. The van der Waals surface area contributed by atoms with E-state index in [-0.39, 0.29) is 10.4 Å². The topological polar surface area (TPSA) is 61.0 Å². The Morgan fingerprint density at radius 3 is 2.48 bits per heavy atom. The van der Waals surface area contributed by atoms with Crippen LogP contribution in [0, 0.1) is 6.92 Å². The summed E-state index contributed by atoms with van der Waals surface area (Å²) in [6.07, 6.45) is 3.10. The van der Waals surface area contributed by atoms with Crippen LogP contribution in [-0.2, 0) is 5.41 Å². The zero-order chi connectivity index (χ0) is 15.6. The number of ether oxygens (including phenoxy) is 1. The summed E-state index contributed by atoms with van der Waals surface area (Å²) in [5, 5.41) is 0. The number of hydrogen-bond donors (Lipinski definition) is 1. The second-order valence-electron chi connectivity index (χ2n) is 5.93. The average Bonchev–Trinajstić information content (AvgIpc) is 2.40. The van der Waals surface area contributed by atoms with E-state index in [4.69, 9.17) is 22.7 Å². The van der Waals surface area contributed by atoms with Crippen LogP contribution in [0.4, 0.5) is 0 Å². The number of nitrogens with two attached hydrogens (primary N) is 1. The minimum Gasteiger partial charge on any atom is -0.437 e. The first-order valence-corrected chi connectivity index (χ1v) is 7.09. The van der Waals surface area contributed by atoms with Crippen LogP contribution in [0.2, 0.25) is 0 Å². The van der Waals surface area contributed by atoms with Gasteiger partial charge in [0.05, 0.1) is 0 Å². The molecule has 1 aromatic heterocycles. The molecule has 21 heavy (non-hydrogen) atoms. The summed E-state index contributed by atoms with van der Waals surface area (Å²) in [5.41, 5.74) is 8.29. The molecule has 0 fully saturated rings. The Morgan fingerprint density at radius 2 is 1.86 bits per heavy atom. The van der Waals surface area contributed by atoms with Gasteiger partial charge < -0.3 is 10.5 Å². The van der Waals surface area contributed by atoms with Crippen molar-refractivity contribution < 1.29 is 4.74 Å². The molecule has 0 radical (unpaired) electrons. The third-order valence-electron chi connectivity index (χ3n) is 3.05. The zero-order valence-corrected chi connectivity index (χ0v) is 13.5. The Kier molecular flexibility index (Phi) is 4.23. The molecule has 1 heterocycles. The third kappa shape index (κ3) is 3.55. The highest BCUT2D eigenvalue weighted by Gasteiger charge is 2.21. The Balaban J connectivity index is 2.48. The van der Waals surface area contributed by atoms with E-state index in [0.29, 0.717) is 11.6 Å². The first-order valence-electron chi connectivity index (χ1n) is 6.69. The summed E-state index contributed by atoms with van der Waals surface area (Å²) in [5.74, 6) is 1.07. The van der Waals surface area contributed by atoms with Crippen molar-refractivity contribution in [3.05, 3.63) is 47.4 Å². The number of benzene rings is 1. The summed E-state index contributed by atoms with van der Waals surface area (Å²) in [4.78, 5) is 8.49. The van der Waals surface area contributed by atoms with Gasteiger partial charge in [-0.3, -0.25) is 0 Å². The second-order valence-corrected chi connectivity index (χ2v) is 6.37. The van der Waals surface area contributed by atoms with E-state index in [9.17, 15) is 0 Å². The lowest BCUT2D eigenvalue weighted by Gasteiger charge is -2.23. The molecule has 2 N–H and O–H groups in total. The van der Waals surface area contributed by atoms with E-state index < -0.39 is 0 Å². The number of thiocarbonyl (C=S) groups is 1. The second kappa shape index (κ2) is 5.77. The number of aromatic nitrogens is 2. The van der Waals surface area contributed by atoms with Gasteiger partial charge in [0.25, 0.3) is 0 Å². The molecule has 0 unspecified atom stereocenters. The average molecular weight is 301 g/mol. The van der Waals surface area contributed by atoms with Gasteiger partial charge in [0.15, 0.2) is 5.69 Å². The minimum atomic E-state index is -0.0487. The maximum atomic E-state index is 5.94. The molecule has 0 saturated heterocycles. The van der Waals surface area contributed by atoms with E-state index in [0.717, 1.165) is 11.3 Å². The standard InChI is InChI=1S/C16H19N3OS/c1-10-5-6-12(11(9-10)16(2,3)4)20-15-13(14(17)21)18-7-8-19-15/h5-9H,1-4H3,(H2,17,21). The van der Waals surface area contributed by atoms with Crippen molar-refractivity contribution >= 4 is 17.2 Å².